The summed E-state index contributed by atoms with van der Waals surface area (Å²) in [6.45, 7) is 2.69. The topological polar surface area (TPSA) is 91.2 Å². The minimum atomic E-state index is -0.945. The summed E-state index contributed by atoms with van der Waals surface area (Å²) in [7, 11) is 0. The van der Waals surface area contributed by atoms with E-state index < -0.39 is 6.09 Å². The third kappa shape index (κ3) is 1.87. The maximum atomic E-state index is 12.0. The summed E-state index contributed by atoms with van der Waals surface area (Å²) in [6.07, 6.45) is 1.39. The van der Waals surface area contributed by atoms with Crippen molar-refractivity contribution >= 4 is 17.3 Å². The van der Waals surface area contributed by atoms with Crippen molar-refractivity contribution in [3.05, 3.63) is 28.3 Å². The van der Waals surface area contributed by atoms with Crippen LogP contribution in [-0.4, -0.2) is 43.7 Å². The van der Waals surface area contributed by atoms with Gasteiger partial charge in [0.15, 0.2) is 5.65 Å². The van der Waals surface area contributed by atoms with Crippen LogP contribution in [-0.2, 0) is 0 Å². The first-order valence-electron chi connectivity index (χ1n) is 6.11. The summed E-state index contributed by atoms with van der Waals surface area (Å²) < 4.78 is 1.57. The van der Waals surface area contributed by atoms with Crippen LogP contribution in [0.25, 0.3) is 11.2 Å². The molecule has 1 aliphatic heterocycles. The van der Waals surface area contributed by atoms with Crippen LogP contribution in [0, 0.1) is 6.92 Å². The number of nitrogens with one attached hydrogen (secondary N) is 1. The number of hydrogen-bond acceptors (Lipinski definition) is 3. The highest BCUT2D eigenvalue weighted by molar-refractivity contribution is 5.71. The Balaban J connectivity index is 2.04. The number of carbonyl (C=O) groups is 1. The summed E-state index contributed by atoms with van der Waals surface area (Å²) in [4.78, 5) is 31.3. The number of imidazole rings is 1. The van der Waals surface area contributed by atoms with E-state index in [1.807, 2.05) is 13.0 Å². The molecule has 3 heterocycles. The van der Waals surface area contributed by atoms with E-state index in [9.17, 15) is 9.59 Å². The number of fused-ring (bicyclic) bond motifs is 1. The fourth-order valence-corrected chi connectivity index (χ4v) is 2.58. The van der Waals surface area contributed by atoms with Gasteiger partial charge in [0, 0.05) is 19.3 Å². The zero-order valence-corrected chi connectivity index (χ0v) is 10.5. The molecule has 3 rings (SSSR count). The number of amides is 1. The maximum absolute atomic E-state index is 12.0. The summed E-state index contributed by atoms with van der Waals surface area (Å²) in [5.74, 6) is 0. The van der Waals surface area contributed by atoms with Gasteiger partial charge in [-0.3, -0.25) is 4.57 Å². The molecule has 1 saturated heterocycles. The van der Waals surface area contributed by atoms with Crippen molar-refractivity contribution < 1.29 is 9.90 Å². The van der Waals surface area contributed by atoms with E-state index in [-0.39, 0.29) is 11.7 Å². The van der Waals surface area contributed by atoms with Crippen molar-refractivity contribution in [3.63, 3.8) is 0 Å². The van der Waals surface area contributed by atoms with Crippen molar-refractivity contribution in [1.82, 2.24) is 19.4 Å². The van der Waals surface area contributed by atoms with Crippen molar-refractivity contribution in [3.8, 4) is 0 Å². The van der Waals surface area contributed by atoms with Crippen LogP contribution in [0.2, 0.25) is 0 Å². The quantitative estimate of drug-likeness (QED) is 0.800. The molecule has 2 N–H and O–H groups in total. The Bertz CT molecular complexity index is 703. The molecule has 19 heavy (non-hydrogen) atoms. The normalized spacial score (nSPS) is 19.2. The molecular formula is C12H14N4O3. The number of hydrogen-bond donors (Lipinski definition) is 2. The summed E-state index contributed by atoms with van der Waals surface area (Å²) in [6, 6.07) is 1.72. The van der Waals surface area contributed by atoms with Crippen LogP contribution in [0.5, 0.6) is 0 Å². The van der Waals surface area contributed by atoms with E-state index in [0.717, 1.165) is 5.56 Å². The molecule has 0 aromatic carbocycles. The molecule has 0 saturated carbocycles. The Morgan fingerprint density at radius 2 is 2.37 bits per heavy atom. The Labute approximate surface area is 108 Å². The number of pyridine rings is 1. The van der Waals surface area contributed by atoms with Gasteiger partial charge < -0.3 is 15.0 Å². The molecule has 0 aliphatic carbocycles. The number of aryl methyl sites for hydroxylation is 1. The van der Waals surface area contributed by atoms with Crippen LogP contribution in [0.1, 0.15) is 18.0 Å². The molecule has 0 radical (unpaired) electrons. The van der Waals surface area contributed by atoms with E-state index in [1.54, 1.807) is 10.8 Å². The molecule has 1 fully saturated rings. The lowest BCUT2D eigenvalue weighted by Gasteiger charge is -2.13. The molecule has 1 atom stereocenters. The van der Waals surface area contributed by atoms with Gasteiger partial charge in [-0.25, -0.2) is 14.6 Å². The number of rotatable bonds is 1. The lowest BCUT2D eigenvalue weighted by molar-refractivity contribution is 0.154. The second-order valence-electron chi connectivity index (χ2n) is 4.86. The second-order valence-corrected chi connectivity index (χ2v) is 4.86. The Morgan fingerprint density at radius 3 is 3.05 bits per heavy atom. The number of aromatic nitrogens is 3. The van der Waals surface area contributed by atoms with E-state index in [0.29, 0.717) is 30.7 Å². The first-order valence-corrected chi connectivity index (χ1v) is 6.11. The minimum absolute atomic E-state index is 0.146. The fraction of sp³-hybridized carbons (Fsp3) is 0.417. The van der Waals surface area contributed by atoms with Crippen LogP contribution >= 0.6 is 0 Å². The first-order chi connectivity index (χ1) is 9.06. The molecule has 0 spiro atoms. The van der Waals surface area contributed by atoms with E-state index in [1.165, 1.54) is 4.90 Å². The highest BCUT2D eigenvalue weighted by Gasteiger charge is 2.29. The first kappa shape index (κ1) is 11.8. The third-order valence-corrected chi connectivity index (χ3v) is 3.49. The second kappa shape index (κ2) is 4.11. The van der Waals surface area contributed by atoms with E-state index >= 15 is 0 Å². The standard InChI is InChI=1S/C12H14N4O3/c1-7-4-9-10(13-5-7)16(11(17)14-9)8-2-3-15(6-8)12(18)19/h4-5,8H,2-3,6H2,1H3,(H,14,17)(H,18,19). The van der Waals surface area contributed by atoms with E-state index in [2.05, 4.69) is 9.97 Å². The van der Waals surface area contributed by atoms with Gasteiger partial charge in [-0.05, 0) is 25.0 Å². The monoisotopic (exact) mass is 262 g/mol. The van der Waals surface area contributed by atoms with Crippen molar-refractivity contribution in [2.75, 3.05) is 13.1 Å². The van der Waals surface area contributed by atoms with Gasteiger partial charge in [-0.1, -0.05) is 0 Å². The van der Waals surface area contributed by atoms with Gasteiger partial charge in [0.2, 0.25) is 0 Å². The van der Waals surface area contributed by atoms with Crippen LogP contribution in [0.3, 0.4) is 0 Å². The molecule has 2 aromatic rings. The van der Waals surface area contributed by atoms with Gasteiger partial charge >= 0.3 is 11.8 Å². The number of likely N-dealkylation sites (tertiary alicyclic amines) is 1. The molecule has 1 amide bonds. The Morgan fingerprint density at radius 1 is 1.58 bits per heavy atom. The number of nitrogens with zero attached hydrogens (tertiary/aromatic N) is 3. The highest BCUT2D eigenvalue weighted by Crippen LogP contribution is 2.23. The molecule has 100 valence electrons. The fourth-order valence-electron chi connectivity index (χ4n) is 2.58. The van der Waals surface area contributed by atoms with Crippen LogP contribution in [0.15, 0.2) is 17.1 Å². The van der Waals surface area contributed by atoms with Gasteiger partial charge in [-0.2, -0.15) is 0 Å². The molecular weight excluding hydrogens is 248 g/mol. The van der Waals surface area contributed by atoms with Gasteiger partial charge in [0.1, 0.15) is 0 Å². The van der Waals surface area contributed by atoms with Crippen molar-refractivity contribution in [2.24, 2.45) is 0 Å². The molecule has 2 aromatic heterocycles. The zero-order valence-electron chi connectivity index (χ0n) is 10.5. The third-order valence-electron chi connectivity index (χ3n) is 3.49. The highest BCUT2D eigenvalue weighted by atomic mass is 16.4. The predicted molar refractivity (Wildman–Crippen MR) is 68.3 cm³/mol. The van der Waals surface area contributed by atoms with Gasteiger partial charge in [0.05, 0.1) is 11.6 Å². The lowest BCUT2D eigenvalue weighted by atomic mass is 10.2. The number of aromatic amines is 1. The Hall–Kier alpha value is -2.31. The van der Waals surface area contributed by atoms with E-state index in [4.69, 9.17) is 5.11 Å². The minimum Gasteiger partial charge on any atom is -0.465 e. The van der Waals surface area contributed by atoms with Crippen LogP contribution in [0.4, 0.5) is 4.79 Å². The van der Waals surface area contributed by atoms with Crippen molar-refractivity contribution in [2.45, 2.75) is 19.4 Å². The Kier molecular flexibility index (Phi) is 2.55. The molecule has 7 nitrogen and oxygen atoms in total. The lowest BCUT2D eigenvalue weighted by Crippen LogP contribution is -2.29. The van der Waals surface area contributed by atoms with Crippen LogP contribution < -0.4 is 5.69 Å². The average molecular weight is 262 g/mol. The largest absolute Gasteiger partial charge is 0.465 e. The summed E-state index contributed by atoms with van der Waals surface area (Å²) >= 11 is 0. The van der Waals surface area contributed by atoms with Crippen molar-refractivity contribution in [1.29, 1.82) is 0 Å². The zero-order chi connectivity index (χ0) is 13.6. The average Bonchev–Trinajstić information content (AvgIpc) is 2.91. The maximum Gasteiger partial charge on any atom is 0.407 e. The number of carboxylic acid groups (broad SMARTS) is 1. The number of H-pyrrole nitrogens is 1. The SMILES string of the molecule is Cc1cnc2c(c1)[nH]c(=O)n2C1CCN(C(=O)O)C1. The predicted octanol–water partition coefficient (Wildman–Crippen LogP) is 0.958. The summed E-state index contributed by atoms with van der Waals surface area (Å²) in [5, 5.41) is 8.96. The molecule has 1 unspecified atom stereocenters. The summed E-state index contributed by atoms with van der Waals surface area (Å²) in [5.41, 5.74) is 2.02. The van der Waals surface area contributed by atoms with Gasteiger partial charge in [-0.15, -0.1) is 0 Å². The molecule has 1 aliphatic rings. The smallest absolute Gasteiger partial charge is 0.407 e. The molecule has 0 bridgehead atoms. The van der Waals surface area contributed by atoms with Gasteiger partial charge in [0.25, 0.3) is 0 Å². The molecule has 7 heteroatoms.